The highest BCUT2D eigenvalue weighted by molar-refractivity contribution is 14.1. The van der Waals surface area contributed by atoms with E-state index < -0.39 is 21.8 Å². The van der Waals surface area contributed by atoms with Crippen LogP contribution in [-0.2, 0) is 19.7 Å². The molecule has 13 heteroatoms. The molecule has 2 aromatic rings. The fraction of sp³-hybridized carbons (Fsp3) is 0.381. The lowest BCUT2D eigenvalue weighted by Gasteiger charge is -2.32. The van der Waals surface area contributed by atoms with Crippen molar-refractivity contribution in [2.45, 2.75) is 25.8 Å². The summed E-state index contributed by atoms with van der Waals surface area (Å²) in [6, 6.07) is 7.03. The van der Waals surface area contributed by atoms with E-state index in [4.69, 9.17) is 16.3 Å². The van der Waals surface area contributed by atoms with E-state index in [1.807, 2.05) is 0 Å². The smallest absolute Gasteiger partial charge is 0.302 e. The zero-order valence-corrected chi connectivity index (χ0v) is 21.9. The van der Waals surface area contributed by atoms with Crippen LogP contribution in [0.2, 0.25) is 5.02 Å². The van der Waals surface area contributed by atoms with Crippen LogP contribution in [0, 0.1) is 15.2 Å². The SMILES string of the molecule is CC(=O)OCCNC1CCN(S(=O)(=O)Nc2ccc(F)c(F)c2Nc2ccc(I)cc2Cl)CC1. The minimum atomic E-state index is -4.03. The van der Waals surface area contributed by atoms with Gasteiger partial charge in [-0.25, -0.2) is 8.78 Å². The molecule has 1 fully saturated rings. The van der Waals surface area contributed by atoms with E-state index in [-0.39, 0.29) is 48.1 Å². The van der Waals surface area contributed by atoms with Crippen molar-refractivity contribution < 1.29 is 26.7 Å². The summed E-state index contributed by atoms with van der Waals surface area (Å²) in [5.74, 6) is -2.72. The summed E-state index contributed by atoms with van der Waals surface area (Å²) < 4.78 is 63.9. The Bertz CT molecular complexity index is 1150. The predicted octanol–water partition coefficient (Wildman–Crippen LogP) is 4.24. The average molecular weight is 629 g/mol. The van der Waals surface area contributed by atoms with Crippen LogP contribution in [0.3, 0.4) is 0 Å². The Balaban J connectivity index is 1.69. The first kappa shape index (κ1) is 26.9. The van der Waals surface area contributed by atoms with E-state index in [0.29, 0.717) is 25.1 Å². The monoisotopic (exact) mass is 628 g/mol. The van der Waals surface area contributed by atoms with Gasteiger partial charge in [0.05, 0.1) is 16.4 Å². The summed E-state index contributed by atoms with van der Waals surface area (Å²) in [6.07, 6.45) is 1.09. The number of rotatable bonds is 9. The van der Waals surface area contributed by atoms with Crippen LogP contribution in [0.1, 0.15) is 19.8 Å². The standard InChI is InChI=1S/C21H24ClF2IN4O4S/c1-13(30)33-11-8-26-15-6-9-29(10-7-15)34(31,32)28-19-5-3-17(23)20(24)21(19)27-18-4-2-14(25)12-16(18)22/h2-5,12,15,26-28H,6-11H2,1H3. The summed E-state index contributed by atoms with van der Waals surface area (Å²) in [6.45, 7) is 2.51. The number of carbonyl (C=O) groups is 1. The third-order valence-electron chi connectivity index (χ3n) is 5.16. The molecule has 8 nitrogen and oxygen atoms in total. The lowest BCUT2D eigenvalue weighted by Crippen LogP contribution is -2.47. The largest absolute Gasteiger partial charge is 0.465 e. The van der Waals surface area contributed by atoms with Gasteiger partial charge in [-0.15, -0.1) is 0 Å². The molecule has 0 aromatic heterocycles. The Morgan fingerprint density at radius 1 is 1.21 bits per heavy atom. The zero-order chi connectivity index (χ0) is 24.9. The topological polar surface area (TPSA) is 99.8 Å². The molecule has 1 aliphatic heterocycles. The van der Waals surface area contributed by atoms with E-state index in [9.17, 15) is 22.0 Å². The summed E-state index contributed by atoms with van der Waals surface area (Å²) in [5, 5.41) is 6.20. The Labute approximate surface area is 215 Å². The van der Waals surface area contributed by atoms with Gasteiger partial charge in [-0.3, -0.25) is 9.52 Å². The molecule has 0 spiro atoms. The predicted molar refractivity (Wildman–Crippen MR) is 136 cm³/mol. The number of carbonyl (C=O) groups excluding carboxylic acids is 1. The molecule has 1 heterocycles. The van der Waals surface area contributed by atoms with Gasteiger partial charge in [0.15, 0.2) is 11.6 Å². The maximum Gasteiger partial charge on any atom is 0.302 e. The highest BCUT2D eigenvalue weighted by Gasteiger charge is 2.29. The number of nitrogens with zero attached hydrogens (tertiary/aromatic N) is 1. The normalized spacial score (nSPS) is 15.2. The van der Waals surface area contributed by atoms with Crippen molar-refractivity contribution in [3.8, 4) is 0 Å². The van der Waals surface area contributed by atoms with Crippen LogP contribution in [-0.4, -0.2) is 51.0 Å². The molecule has 3 N–H and O–H groups in total. The summed E-state index contributed by atoms with van der Waals surface area (Å²) in [4.78, 5) is 10.8. The number of benzene rings is 2. The lowest BCUT2D eigenvalue weighted by atomic mass is 10.1. The second-order valence-corrected chi connectivity index (χ2v) is 10.9. The van der Waals surface area contributed by atoms with E-state index in [1.54, 1.807) is 18.2 Å². The fourth-order valence-corrected chi connectivity index (χ4v) is 5.62. The molecule has 3 rings (SSSR count). The Kier molecular flexibility index (Phi) is 9.32. The van der Waals surface area contributed by atoms with Crippen molar-refractivity contribution >= 4 is 67.4 Å². The van der Waals surface area contributed by atoms with Crippen LogP contribution in [0.5, 0.6) is 0 Å². The molecule has 34 heavy (non-hydrogen) atoms. The molecule has 186 valence electrons. The van der Waals surface area contributed by atoms with Gasteiger partial charge in [0.2, 0.25) is 0 Å². The quantitative estimate of drug-likeness (QED) is 0.218. The first-order valence-corrected chi connectivity index (χ1v) is 13.3. The van der Waals surface area contributed by atoms with Gasteiger partial charge in [0.1, 0.15) is 12.3 Å². The molecule has 2 aromatic carbocycles. The second-order valence-electron chi connectivity index (χ2n) is 7.61. The molecule has 1 saturated heterocycles. The van der Waals surface area contributed by atoms with Crippen LogP contribution in [0.15, 0.2) is 30.3 Å². The van der Waals surface area contributed by atoms with E-state index in [2.05, 4.69) is 37.9 Å². The van der Waals surface area contributed by atoms with Crippen molar-refractivity contribution in [1.82, 2.24) is 9.62 Å². The first-order chi connectivity index (χ1) is 16.1. The maximum absolute atomic E-state index is 14.7. The van der Waals surface area contributed by atoms with Gasteiger partial charge in [-0.05, 0) is 65.8 Å². The zero-order valence-electron chi connectivity index (χ0n) is 18.2. The molecule has 0 bridgehead atoms. The fourth-order valence-electron chi connectivity index (χ4n) is 3.45. The van der Waals surface area contributed by atoms with Crippen molar-refractivity contribution in [2.75, 3.05) is 36.3 Å². The van der Waals surface area contributed by atoms with Gasteiger partial charge >= 0.3 is 16.2 Å². The van der Waals surface area contributed by atoms with Gasteiger partial charge in [0, 0.05) is 36.2 Å². The third-order valence-corrected chi connectivity index (χ3v) is 7.67. The van der Waals surface area contributed by atoms with Gasteiger partial charge in [-0.2, -0.15) is 12.7 Å². The molecule has 0 aliphatic carbocycles. The molecule has 0 saturated carbocycles. The number of esters is 1. The molecule has 0 unspecified atom stereocenters. The molecular formula is C21H24ClF2IN4O4S. The lowest BCUT2D eigenvalue weighted by molar-refractivity contribution is -0.140. The van der Waals surface area contributed by atoms with Crippen LogP contribution < -0.4 is 15.4 Å². The third kappa shape index (κ3) is 7.13. The molecule has 0 amide bonds. The van der Waals surface area contributed by atoms with Gasteiger partial charge in [-0.1, -0.05) is 11.6 Å². The number of piperidine rings is 1. The van der Waals surface area contributed by atoms with Crippen molar-refractivity contribution in [3.63, 3.8) is 0 Å². The Hall–Kier alpha value is -1.74. The number of nitrogens with one attached hydrogen (secondary N) is 3. The van der Waals surface area contributed by atoms with E-state index in [0.717, 1.165) is 15.7 Å². The number of anilines is 3. The van der Waals surface area contributed by atoms with E-state index in [1.165, 1.54) is 11.2 Å². The highest BCUT2D eigenvalue weighted by Crippen LogP contribution is 2.34. The van der Waals surface area contributed by atoms with Crippen molar-refractivity contribution in [3.05, 3.63) is 50.6 Å². The van der Waals surface area contributed by atoms with E-state index >= 15 is 0 Å². The molecule has 0 radical (unpaired) electrons. The number of halogens is 4. The minimum absolute atomic E-state index is 0.0746. The highest BCUT2D eigenvalue weighted by atomic mass is 127. The number of hydrogen-bond acceptors (Lipinski definition) is 6. The molecule has 1 aliphatic rings. The Morgan fingerprint density at radius 2 is 1.88 bits per heavy atom. The average Bonchev–Trinajstić information content (AvgIpc) is 2.78. The minimum Gasteiger partial charge on any atom is -0.465 e. The molecule has 0 atom stereocenters. The summed E-state index contributed by atoms with van der Waals surface area (Å²) in [5.41, 5.74) is -0.212. The summed E-state index contributed by atoms with van der Waals surface area (Å²) >= 11 is 8.25. The maximum atomic E-state index is 14.7. The van der Waals surface area contributed by atoms with Crippen molar-refractivity contribution in [1.29, 1.82) is 0 Å². The number of ether oxygens (including phenoxy) is 1. The Morgan fingerprint density at radius 3 is 2.53 bits per heavy atom. The van der Waals surface area contributed by atoms with Crippen LogP contribution >= 0.6 is 34.2 Å². The van der Waals surface area contributed by atoms with Crippen molar-refractivity contribution in [2.24, 2.45) is 0 Å². The van der Waals surface area contributed by atoms with Crippen LogP contribution in [0.25, 0.3) is 0 Å². The number of hydrogen-bond donors (Lipinski definition) is 3. The van der Waals surface area contributed by atoms with Gasteiger partial charge < -0.3 is 15.4 Å². The first-order valence-electron chi connectivity index (χ1n) is 10.4. The van der Waals surface area contributed by atoms with Crippen LogP contribution in [0.4, 0.5) is 25.8 Å². The molecular weight excluding hydrogens is 605 g/mol. The summed E-state index contributed by atoms with van der Waals surface area (Å²) in [7, 11) is -4.03. The second kappa shape index (κ2) is 11.8. The van der Waals surface area contributed by atoms with Gasteiger partial charge in [0.25, 0.3) is 0 Å².